The van der Waals surface area contributed by atoms with Gasteiger partial charge < -0.3 is 0 Å². The summed E-state index contributed by atoms with van der Waals surface area (Å²) in [6, 6.07) is 8.55. The lowest BCUT2D eigenvalue weighted by Crippen LogP contribution is -2.34. The fourth-order valence-corrected chi connectivity index (χ4v) is 5.85. The molecule has 2 fully saturated rings. The number of nitrogens with zero attached hydrogens (tertiary/aromatic N) is 6. The minimum atomic E-state index is -4.59. The summed E-state index contributed by atoms with van der Waals surface area (Å²) in [5, 5.41) is 8.33. The van der Waals surface area contributed by atoms with Crippen LogP contribution in [0.25, 0.3) is 16.8 Å². The SMILES string of the molecule is C[C@H]1CCCN(Cc2cc(C(F)(F)F)c3cn(-c4cccc(C([C]5N=NC=[N+]5C)=C5CCC5)c4)c(=O)n3c2)C1. The molecule has 0 spiro atoms. The number of piperidine rings is 1. The van der Waals surface area contributed by atoms with Crippen molar-refractivity contribution in [1.29, 1.82) is 0 Å². The number of pyridine rings is 1. The number of aromatic nitrogens is 2. The molecule has 0 unspecified atom stereocenters. The average molecular weight is 537 g/mol. The van der Waals surface area contributed by atoms with Gasteiger partial charge in [-0.2, -0.15) is 13.2 Å². The lowest BCUT2D eigenvalue weighted by atomic mass is 9.84. The first-order valence-electron chi connectivity index (χ1n) is 13.4. The zero-order chi connectivity index (χ0) is 27.3. The summed E-state index contributed by atoms with van der Waals surface area (Å²) in [5.74, 6) is 0.502. The summed E-state index contributed by atoms with van der Waals surface area (Å²) in [7, 11) is 1.88. The Morgan fingerprint density at radius 1 is 1.15 bits per heavy atom. The number of allylic oxidation sites excluding steroid dienone is 1. The third-order valence-corrected chi connectivity index (χ3v) is 7.94. The summed E-state index contributed by atoms with van der Waals surface area (Å²) in [4.78, 5) is 15.7. The minimum absolute atomic E-state index is 0.153. The van der Waals surface area contributed by atoms with Crippen LogP contribution in [-0.2, 0) is 12.7 Å². The molecule has 1 saturated carbocycles. The molecule has 0 amide bonds. The van der Waals surface area contributed by atoms with Gasteiger partial charge in [0.2, 0.25) is 0 Å². The molecule has 2 aromatic heterocycles. The first kappa shape index (κ1) is 25.7. The molecule has 6 rings (SSSR count). The van der Waals surface area contributed by atoms with Crippen molar-refractivity contribution in [2.45, 2.75) is 51.7 Å². The Balaban J connectivity index is 1.43. The number of hydrogen-bond donors (Lipinski definition) is 0. The normalized spacial score (nSPS) is 20.5. The van der Waals surface area contributed by atoms with Gasteiger partial charge in [-0.25, -0.2) is 9.37 Å². The van der Waals surface area contributed by atoms with Crippen molar-refractivity contribution in [3.05, 3.63) is 81.6 Å². The fourth-order valence-electron chi connectivity index (χ4n) is 5.85. The lowest BCUT2D eigenvalue weighted by Gasteiger charge is -2.31. The van der Waals surface area contributed by atoms with E-state index in [0.29, 0.717) is 23.7 Å². The number of likely N-dealkylation sites (N-methyl/N-ethyl adjacent to an activating group) is 1. The highest BCUT2D eigenvalue weighted by atomic mass is 19.4. The van der Waals surface area contributed by atoms with Crippen molar-refractivity contribution in [1.82, 2.24) is 13.9 Å². The monoisotopic (exact) mass is 536 g/mol. The van der Waals surface area contributed by atoms with E-state index in [9.17, 15) is 18.0 Å². The Morgan fingerprint density at radius 3 is 2.64 bits per heavy atom. The molecule has 1 atom stereocenters. The lowest BCUT2D eigenvalue weighted by molar-refractivity contribution is -0.462. The van der Waals surface area contributed by atoms with Crippen LogP contribution in [-0.4, -0.2) is 44.9 Å². The molecule has 3 aliphatic rings. The number of imidazole rings is 1. The third-order valence-electron chi connectivity index (χ3n) is 7.94. The second kappa shape index (κ2) is 9.89. The number of likely N-dealkylation sites (tertiary alicyclic amines) is 1. The van der Waals surface area contributed by atoms with Crippen LogP contribution in [0.3, 0.4) is 0 Å². The molecule has 1 radical (unpaired) electrons. The van der Waals surface area contributed by atoms with Crippen molar-refractivity contribution in [3.63, 3.8) is 0 Å². The van der Waals surface area contributed by atoms with Crippen molar-refractivity contribution < 1.29 is 17.7 Å². The van der Waals surface area contributed by atoms with Crippen molar-refractivity contribution in [2.75, 3.05) is 20.1 Å². The van der Waals surface area contributed by atoms with Gasteiger partial charge in [-0.1, -0.05) is 24.6 Å². The van der Waals surface area contributed by atoms with E-state index in [2.05, 4.69) is 22.1 Å². The van der Waals surface area contributed by atoms with Crippen LogP contribution in [0, 0.1) is 12.1 Å². The number of halogens is 3. The van der Waals surface area contributed by atoms with Crippen molar-refractivity contribution >= 4 is 17.4 Å². The largest absolute Gasteiger partial charge is 0.418 e. The number of rotatable bonds is 5. The van der Waals surface area contributed by atoms with E-state index in [4.69, 9.17) is 0 Å². The topological polar surface area (TPSA) is 57.4 Å². The van der Waals surface area contributed by atoms with Gasteiger partial charge in [0.05, 0.1) is 28.9 Å². The molecule has 1 saturated heterocycles. The van der Waals surface area contributed by atoms with Crippen LogP contribution in [0.1, 0.15) is 55.7 Å². The number of benzene rings is 1. The second-order valence-corrected chi connectivity index (χ2v) is 10.9. The zero-order valence-corrected chi connectivity index (χ0v) is 22.1. The molecular formula is C29H31F3N6O+. The maximum absolute atomic E-state index is 14.2. The van der Waals surface area contributed by atoms with Crippen LogP contribution in [0.2, 0.25) is 0 Å². The van der Waals surface area contributed by atoms with Gasteiger partial charge in [0, 0.05) is 31.1 Å². The maximum Gasteiger partial charge on any atom is 0.418 e. The van der Waals surface area contributed by atoms with Crippen LogP contribution in [0.4, 0.5) is 13.2 Å². The maximum atomic E-state index is 14.2. The molecule has 1 aromatic carbocycles. The predicted molar refractivity (Wildman–Crippen MR) is 143 cm³/mol. The number of fused-ring (bicyclic) bond motifs is 1. The predicted octanol–water partition coefficient (Wildman–Crippen LogP) is 5.90. The van der Waals surface area contributed by atoms with Gasteiger partial charge in [-0.05, 0) is 79.0 Å². The first-order chi connectivity index (χ1) is 18.7. The van der Waals surface area contributed by atoms with E-state index in [1.54, 1.807) is 18.6 Å². The van der Waals surface area contributed by atoms with E-state index in [-0.39, 0.29) is 5.52 Å². The van der Waals surface area contributed by atoms with Gasteiger partial charge in [-0.15, -0.1) is 0 Å². The highest BCUT2D eigenvalue weighted by Gasteiger charge is 2.36. The molecule has 203 valence electrons. The van der Waals surface area contributed by atoms with Crippen molar-refractivity contribution in [2.24, 2.45) is 16.1 Å². The molecule has 7 nitrogen and oxygen atoms in total. The smallest absolute Gasteiger partial charge is 0.299 e. The van der Waals surface area contributed by atoms with Gasteiger partial charge >= 0.3 is 24.4 Å². The quantitative estimate of drug-likeness (QED) is 0.381. The molecular weight excluding hydrogens is 505 g/mol. The van der Waals surface area contributed by atoms with Gasteiger partial charge in [0.25, 0.3) is 0 Å². The highest BCUT2D eigenvalue weighted by Crippen LogP contribution is 2.41. The molecule has 39 heavy (non-hydrogen) atoms. The number of alkyl halides is 3. The molecule has 0 bridgehead atoms. The van der Waals surface area contributed by atoms with E-state index in [1.165, 1.54) is 22.4 Å². The van der Waals surface area contributed by atoms with Crippen LogP contribution < -0.4 is 5.69 Å². The summed E-state index contributed by atoms with van der Waals surface area (Å²) < 4.78 is 47.0. The van der Waals surface area contributed by atoms with Gasteiger partial charge in [0.15, 0.2) is 0 Å². The molecule has 1 aliphatic carbocycles. The highest BCUT2D eigenvalue weighted by molar-refractivity contribution is 5.79. The van der Waals surface area contributed by atoms with Gasteiger partial charge in [-0.3, -0.25) is 13.9 Å². The number of hydrogen-bond acceptors (Lipinski definition) is 4. The third kappa shape index (κ3) is 4.86. The molecule has 10 heteroatoms. The Morgan fingerprint density at radius 2 is 1.97 bits per heavy atom. The van der Waals surface area contributed by atoms with Crippen molar-refractivity contribution in [3.8, 4) is 5.69 Å². The molecule has 0 N–H and O–H groups in total. The summed E-state index contributed by atoms with van der Waals surface area (Å²) in [5.41, 5.74) is 2.59. The fraction of sp³-hybridized carbons (Fsp3) is 0.414. The first-order valence-corrected chi connectivity index (χ1v) is 13.4. The van der Waals surface area contributed by atoms with Crippen LogP contribution in [0.5, 0.6) is 0 Å². The Labute approximate surface area is 224 Å². The molecule has 3 aromatic rings. The van der Waals surface area contributed by atoms with Crippen LogP contribution >= 0.6 is 0 Å². The summed E-state index contributed by atoms with van der Waals surface area (Å²) in [6.07, 6.45) is 5.80. The van der Waals surface area contributed by atoms with E-state index in [1.807, 2.05) is 29.8 Å². The number of azo groups is 1. The Bertz CT molecular complexity index is 1570. The van der Waals surface area contributed by atoms with Gasteiger partial charge in [0.1, 0.15) is 0 Å². The zero-order valence-electron chi connectivity index (χ0n) is 22.1. The van der Waals surface area contributed by atoms with E-state index < -0.39 is 17.4 Å². The second-order valence-electron chi connectivity index (χ2n) is 10.9. The van der Waals surface area contributed by atoms with E-state index >= 15 is 0 Å². The Hall–Kier alpha value is -3.53. The molecule has 2 aliphatic heterocycles. The Kier molecular flexibility index (Phi) is 6.53. The average Bonchev–Trinajstić information content (AvgIpc) is 3.43. The van der Waals surface area contributed by atoms with Crippen LogP contribution in [0.15, 0.2) is 63.3 Å². The van der Waals surface area contributed by atoms with E-state index in [0.717, 1.165) is 66.9 Å². The molecule has 4 heterocycles. The minimum Gasteiger partial charge on any atom is -0.299 e. The summed E-state index contributed by atoms with van der Waals surface area (Å²) in [6.45, 7) is 4.22. The standard InChI is InChI=1S/C29H31F3N6O/c1-19-6-5-11-36(14-19)15-20-12-24(29(30,31)32)25-17-37(28(39)38(25)16-20)23-10-4-9-22(13-23)26(21-7-3-8-21)27-34-33-18-35(27)2/h4,9-10,12-13,16-19H,3,5-8,11,14-15H2,1-2H3/q+1/t19-/m0/s1. The summed E-state index contributed by atoms with van der Waals surface area (Å²) >= 11 is 0.